The van der Waals surface area contributed by atoms with E-state index in [9.17, 15) is 9.59 Å². The Kier molecular flexibility index (Phi) is 4.62. The van der Waals surface area contributed by atoms with E-state index in [-0.39, 0.29) is 30.7 Å². The fraction of sp³-hybridized carbons (Fsp3) is 0.600. The van der Waals surface area contributed by atoms with Gasteiger partial charge in [-0.3, -0.25) is 14.7 Å². The van der Waals surface area contributed by atoms with Crippen molar-refractivity contribution < 1.29 is 14.3 Å². The number of aromatic amines is 1. The summed E-state index contributed by atoms with van der Waals surface area (Å²) in [5.74, 6) is 0.114. The first-order valence-corrected chi connectivity index (χ1v) is 5.32. The molecule has 1 rings (SSSR count). The number of aromatic nitrogens is 3. The van der Waals surface area contributed by atoms with Gasteiger partial charge in [0, 0.05) is 20.0 Å². The highest BCUT2D eigenvalue weighted by atomic mass is 16.5. The van der Waals surface area contributed by atoms with Crippen LogP contribution >= 0.6 is 0 Å². The Morgan fingerprint density at radius 3 is 2.71 bits per heavy atom. The van der Waals surface area contributed by atoms with Gasteiger partial charge in [0.05, 0.1) is 13.5 Å². The summed E-state index contributed by atoms with van der Waals surface area (Å²) in [5, 5.41) is 6.48. The van der Waals surface area contributed by atoms with Gasteiger partial charge in [-0.15, -0.1) is 5.10 Å². The van der Waals surface area contributed by atoms with E-state index in [1.165, 1.54) is 12.0 Å². The number of carbonyl (C=O) groups is 2. The SMILES string of the molecule is CCc1nc(C(=O)N(C)CCC(=O)OC)n[nH]1. The van der Waals surface area contributed by atoms with Crippen molar-refractivity contribution in [3.63, 3.8) is 0 Å². The number of nitrogens with zero attached hydrogens (tertiary/aromatic N) is 3. The molecule has 0 spiro atoms. The molecule has 1 aromatic heterocycles. The second-order valence-electron chi connectivity index (χ2n) is 3.51. The molecule has 1 amide bonds. The summed E-state index contributed by atoms with van der Waals surface area (Å²) in [7, 11) is 2.90. The second-order valence-corrected chi connectivity index (χ2v) is 3.51. The zero-order valence-corrected chi connectivity index (χ0v) is 10.2. The molecular weight excluding hydrogens is 224 g/mol. The van der Waals surface area contributed by atoms with Crippen LogP contribution in [0.25, 0.3) is 0 Å². The van der Waals surface area contributed by atoms with Crippen molar-refractivity contribution in [1.29, 1.82) is 0 Å². The number of ether oxygens (including phenoxy) is 1. The van der Waals surface area contributed by atoms with Crippen LogP contribution < -0.4 is 0 Å². The summed E-state index contributed by atoms with van der Waals surface area (Å²) in [6, 6.07) is 0. The van der Waals surface area contributed by atoms with E-state index in [0.717, 1.165) is 0 Å². The van der Waals surface area contributed by atoms with Gasteiger partial charge in [-0.25, -0.2) is 4.98 Å². The summed E-state index contributed by atoms with van der Waals surface area (Å²) in [6.07, 6.45) is 0.843. The molecule has 0 aliphatic carbocycles. The fourth-order valence-electron chi connectivity index (χ4n) is 1.18. The Hall–Kier alpha value is -1.92. The van der Waals surface area contributed by atoms with Crippen LogP contribution in [0.4, 0.5) is 0 Å². The van der Waals surface area contributed by atoms with Gasteiger partial charge in [-0.1, -0.05) is 6.92 Å². The molecule has 0 radical (unpaired) electrons. The molecule has 0 saturated carbocycles. The first-order valence-electron chi connectivity index (χ1n) is 5.32. The summed E-state index contributed by atoms with van der Waals surface area (Å²) in [6.45, 7) is 2.19. The molecule has 1 heterocycles. The summed E-state index contributed by atoms with van der Waals surface area (Å²) in [5.41, 5.74) is 0. The van der Waals surface area contributed by atoms with Crippen LogP contribution in [0.2, 0.25) is 0 Å². The molecule has 0 saturated heterocycles. The number of hydrogen-bond donors (Lipinski definition) is 1. The lowest BCUT2D eigenvalue weighted by atomic mass is 10.4. The lowest BCUT2D eigenvalue weighted by molar-refractivity contribution is -0.140. The van der Waals surface area contributed by atoms with Gasteiger partial charge in [-0.05, 0) is 0 Å². The van der Waals surface area contributed by atoms with Crippen molar-refractivity contribution in [1.82, 2.24) is 20.1 Å². The van der Waals surface area contributed by atoms with Gasteiger partial charge < -0.3 is 9.64 Å². The minimum absolute atomic E-state index is 0.120. The number of methoxy groups -OCH3 is 1. The van der Waals surface area contributed by atoms with Crippen LogP contribution in [-0.4, -0.2) is 52.7 Å². The van der Waals surface area contributed by atoms with Gasteiger partial charge >= 0.3 is 5.97 Å². The number of amides is 1. The number of aryl methyl sites for hydroxylation is 1. The van der Waals surface area contributed by atoms with Crippen LogP contribution in [-0.2, 0) is 16.0 Å². The standard InChI is InChI=1S/C10H16N4O3/c1-4-7-11-9(13-12-7)10(16)14(2)6-5-8(15)17-3/h4-6H2,1-3H3,(H,11,12,13). The molecule has 1 aromatic rings. The van der Waals surface area contributed by atoms with E-state index in [1.807, 2.05) is 6.92 Å². The Balaban J connectivity index is 2.54. The maximum atomic E-state index is 11.8. The Bertz CT molecular complexity index is 402. The normalized spacial score (nSPS) is 10.1. The lowest BCUT2D eigenvalue weighted by Crippen LogP contribution is -2.30. The summed E-state index contributed by atoms with van der Waals surface area (Å²) >= 11 is 0. The third-order valence-corrected chi connectivity index (χ3v) is 2.28. The van der Waals surface area contributed by atoms with E-state index in [2.05, 4.69) is 19.9 Å². The molecule has 7 heteroatoms. The molecule has 17 heavy (non-hydrogen) atoms. The van der Waals surface area contributed by atoms with E-state index in [0.29, 0.717) is 12.2 Å². The summed E-state index contributed by atoms with van der Waals surface area (Å²) in [4.78, 5) is 28.1. The van der Waals surface area contributed by atoms with Crippen molar-refractivity contribution in [2.45, 2.75) is 19.8 Å². The topological polar surface area (TPSA) is 88.2 Å². The average molecular weight is 240 g/mol. The van der Waals surface area contributed by atoms with E-state index in [4.69, 9.17) is 0 Å². The zero-order valence-electron chi connectivity index (χ0n) is 10.2. The molecule has 94 valence electrons. The van der Waals surface area contributed by atoms with Crippen molar-refractivity contribution >= 4 is 11.9 Å². The minimum Gasteiger partial charge on any atom is -0.469 e. The van der Waals surface area contributed by atoms with Gasteiger partial charge in [0.25, 0.3) is 5.91 Å². The van der Waals surface area contributed by atoms with Gasteiger partial charge in [0.2, 0.25) is 5.82 Å². The van der Waals surface area contributed by atoms with Crippen molar-refractivity contribution in [2.75, 3.05) is 20.7 Å². The molecule has 7 nitrogen and oxygen atoms in total. The number of nitrogens with one attached hydrogen (secondary N) is 1. The highest BCUT2D eigenvalue weighted by Gasteiger charge is 2.17. The number of H-pyrrole nitrogens is 1. The maximum Gasteiger partial charge on any atom is 0.307 e. The second kappa shape index (κ2) is 5.97. The monoisotopic (exact) mass is 240 g/mol. The third kappa shape index (κ3) is 3.54. The molecule has 0 fully saturated rings. The first kappa shape index (κ1) is 13.1. The smallest absolute Gasteiger partial charge is 0.307 e. The maximum absolute atomic E-state index is 11.8. The molecule has 0 aromatic carbocycles. The number of esters is 1. The fourth-order valence-corrected chi connectivity index (χ4v) is 1.18. The van der Waals surface area contributed by atoms with Crippen LogP contribution in [0, 0.1) is 0 Å². The summed E-state index contributed by atoms with van der Waals surface area (Å²) < 4.78 is 4.49. The van der Waals surface area contributed by atoms with E-state index < -0.39 is 0 Å². The zero-order chi connectivity index (χ0) is 12.8. The van der Waals surface area contributed by atoms with Crippen LogP contribution in [0.5, 0.6) is 0 Å². The van der Waals surface area contributed by atoms with Crippen molar-refractivity contribution in [3.05, 3.63) is 11.6 Å². The molecule has 0 bridgehead atoms. The Morgan fingerprint density at radius 2 is 2.18 bits per heavy atom. The number of carbonyl (C=O) groups excluding carboxylic acids is 2. The minimum atomic E-state index is -0.353. The largest absolute Gasteiger partial charge is 0.469 e. The van der Waals surface area contributed by atoms with Crippen molar-refractivity contribution in [2.24, 2.45) is 0 Å². The lowest BCUT2D eigenvalue weighted by Gasteiger charge is -2.13. The quantitative estimate of drug-likeness (QED) is 0.732. The third-order valence-electron chi connectivity index (χ3n) is 2.28. The molecular formula is C10H16N4O3. The Morgan fingerprint density at radius 1 is 1.47 bits per heavy atom. The van der Waals surface area contributed by atoms with Crippen LogP contribution in [0.1, 0.15) is 29.8 Å². The molecule has 0 atom stereocenters. The van der Waals surface area contributed by atoms with Gasteiger partial charge in [-0.2, -0.15) is 0 Å². The van der Waals surface area contributed by atoms with Crippen LogP contribution in [0.15, 0.2) is 0 Å². The van der Waals surface area contributed by atoms with Crippen LogP contribution in [0.3, 0.4) is 0 Å². The highest BCUT2D eigenvalue weighted by molar-refractivity contribution is 5.90. The number of rotatable bonds is 5. The Labute approximate surface area is 99.2 Å². The van der Waals surface area contributed by atoms with Gasteiger partial charge in [0.1, 0.15) is 5.82 Å². The first-order chi connectivity index (χ1) is 8.08. The van der Waals surface area contributed by atoms with E-state index in [1.54, 1.807) is 7.05 Å². The van der Waals surface area contributed by atoms with E-state index >= 15 is 0 Å². The highest BCUT2D eigenvalue weighted by Crippen LogP contribution is 2.00. The molecule has 0 unspecified atom stereocenters. The molecule has 1 N–H and O–H groups in total. The molecule has 0 aliphatic rings. The predicted octanol–water partition coefficient (Wildman–Crippen LogP) is 0.00220. The average Bonchev–Trinajstić information content (AvgIpc) is 2.83. The number of hydrogen-bond acceptors (Lipinski definition) is 5. The predicted molar refractivity (Wildman–Crippen MR) is 59.4 cm³/mol. The molecule has 0 aliphatic heterocycles. The van der Waals surface area contributed by atoms with Crippen molar-refractivity contribution in [3.8, 4) is 0 Å². The van der Waals surface area contributed by atoms with Gasteiger partial charge in [0.15, 0.2) is 0 Å².